The molecule has 0 aliphatic rings. The van der Waals surface area contributed by atoms with E-state index < -0.39 is 0 Å². The van der Waals surface area contributed by atoms with Gasteiger partial charge < -0.3 is 8.94 Å². The third-order valence-corrected chi connectivity index (χ3v) is 2.55. The molecule has 0 bridgehead atoms. The Bertz CT molecular complexity index is 726. The van der Waals surface area contributed by atoms with Crippen LogP contribution >= 0.6 is 12.2 Å². The van der Waals surface area contributed by atoms with Crippen LogP contribution in [-0.2, 0) is 0 Å². The van der Waals surface area contributed by atoms with Crippen molar-refractivity contribution in [2.75, 3.05) is 0 Å². The van der Waals surface area contributed by atoms with Crippen molar-refractivity contribution in [1.82, 2.24) is 10.1 Å². The molecule has 92 valence electrons. The summed E-state index contributed by atoms with van der Waals surface area (Å²) in [5.41, 5.74) is 1.53. The minimum absolute atomic E-state index is 0.418. The summed E-state index contributed by atoms with van der Waals surface area (Å²) in [5.74, 6) is 1.40. The first kappa shape index (κ1) is 11.5. The molecule has 0 spiro atoms. The van der Waals surface area contributed by atoms with Crippen molar-refractivity contribution in [3.63, 3.8) is 0 Å². The molecule has 0 aliphatic heterocycles. The molecule has 0 amide bonds. The standard InChI is InChI=1S/C13H7N3O2S/c19-8-14-10-5-3-9(4-6-10)13-15-12(16-18-13)11-2-1-7-17-11/h1-7H. The van der Waals surface area contributed by atoms with Crippen LogP contribution in [-0.4, -0.2) is 15.3 Å². The second-order valence-electron chi connectivity index (χ2n) is 3.65. The first-order valence-corrected chi connectivity index (χ1v) is 5.83. The highest BCUT2D eigenvalue weighted by Gasteiger charge is 2.12. The van der Waals surface area contributed by atoms with Gasteiger partial charge in [-0.2, -0.15) is 9.98 Å². The molecule has 0 atom stereocenters. The van der Waals surface area contributed by atoms with Gasteiger partial charge in [-0.25, -0.2) is 0 Å². The maximum absolute atomic E-state index is 5.20. The molecule has 0 fully saturated rings. The molecule has 0 unspecified atom stereocenters. The van der Waals surface area contributed by atoms with Gasteiger partial charge in [0.25, 0.3) is 5.89 Å². The summed E-state index contributed by atoms with van der Waals surface area (Å²) in [5, 5.41) is 6.17. The van der Waals surface area contributed by atoms with E-state index in [9.17, 15) is 0 Å². The summed E-state index contributed by atoms with van der Waals surface area (Å²) in [6, 6.07) is 10.8. The normalized spacial score (nSPS) is 10.1. The largest absolute Gasteiger partial charge is 0.461 e. The fourth-order valence-electron chi connectivity index (χ4n) is 1.58. The van der Waals surface area contributed by atoms with Crippen molar-refractivity contribution in [2.45, 2.75) is 0 Å². The highest BCUT2D eigenvalue weighted by Crippen LogP contribution is 2.24. The van der Waals surface area contributed by atoms with Gasteiger partial charge in [-0.15, -0.1) is 0 Å². The lowest BCUT2D eigenvalue weighted by molar-refractivity contribution is 0.429. The van der Waals surface area contributed by atoms with Crippen molar-refractivity contribution in [2.24, 2.45) is 4.99 Å². The highest BCUT2D eigenvalue weighted by atomic mass is 32.1. The first-order chi connectivity index (χ1) is 9.36. The zero-order valence-corrected chi connectivity index (χ0v) is 10.4. The number of thiocarbonyl (C=S) groups is 1. The Balaban J connectivity index is 1.92. The van der Waals surface area contributed by atoms with Crippen LogP contribution in [0.4, 0.5) is 5.69 Å². The van der Waals surface area contributed by atoms with Crippen molar-refractivity contribution in [3.05, 3.63) is 42.7 Å². The minimum atomic E-state index is 0.418. The lowest BCUT2D eigenvalue weighted by Crippen LogP contribution is -1.78. The maximum atomic E-state index is 5.20. The molecular weight excluding hydrogens is 262 g/mol. The van der Waals surface area contributed by atoms with Gasteiger partial charge in [0.05, 0.1) is 17.1 Å². The Morgan fingerprint density at radius 3 is 2.68 bits per heavy atom. The first-order valence-electron chi connectivity index (χ1n) is 5.43. The van der Waals surface area contributed by atoms with E-state index in [-0.39, 0.29) is 0 Å². The molecular formula is C13H7N3O2S. The van der Waals surface area contributed by atoms with Gasteiger partial charge in [-0.3, -0.25) is 0 Å². The molecule has 0 radical (unpaired) electrons. The Kier molecular flexibility index (Phi) is 3.02. The number of benzene rings is 1. The van der Waals surface area contributed by atoms with E-state index in [1.165, 1.54) is 0 Å². The van der Waals surface area contributed by atoms with Gasteiger partial charge in [0.15, 0.2) is 5.76 Å². The lowest BCUT2D eigenvalue weighted by atomic mass is 10.2. The number of hydrogen-bond donors (Lipinski definition) is 0. The van der Waals surface area contributed by atoms with E-state index in [0.29, 0.717) is 17.5 Å². The minimum Gasteiger partial charge on any atom is -0.461 e. The summed E-state index contributed by atoms with van der Waals surface area (Å²) in [6.07, 6.45) is 1.56. The molecule has 0 saturated carbocycles. The topological polar surface area (TPSA) is 64.4 Å². The van der Waals surface area contributed by atoms with E-state index in [2.05, 4.69) is 32.5 Å². The van der Waals surface area contributed by atoms with E-state index >= 15 is 0 Å². The fraction of sp³-hybridized carbons (Fsp3) is 0. The van der Waals surface area contributed by atoms with Crippen LogP contribution in [0.1, 0.15) is 0 Å². The molecule has 1 aromatic carbocycles. The lowest BCUT2D eigenvalue weighted by Gasteiger charge is -1.94. The van der Waals surface area contributed by atoms with Crippen molar-refractivity contribution >= 4 is 23.1 Å². The quantitative estimate of drug-likeness (QED) is 0.535. The number of nitrogens with zero attached hydrogens (tertiary/aromatic N) is 3. The summed E-state index contributed by atoms with van der Waals surface area (Å²) < 4.78 is 10.4. The Morgan fingerprint density at radius 1 is 1.16 bits per heavy atom. The van der Waals surface area contributed by atoms with E-state index in [4.69, 9.17) is 8.94 Å². The predicted molar refractivity (Wildman–Crippen MR) is 72.1 cm³/mol. The predicted octanol–water partition coefficient (Wildman–Crippen LogP) is 3.73. The van der Waals surface area contributed by atoms with Crippen LogP contribution in [0.25, 0.3) is 23.0 Å². The van der Waals surface area contributed by atoms with E-state index in [1.807, 2.05) is 12.1 Å². The van der Waals surface area contributed by atoms with Crippen LogP contribution in [0, 0.1) is 0 Å². The maximum Gasteiger partial charge on any atom is 0.258 e. The third-order valence-electron chi connectivity index (χ3n) is 2.46. The number of hydrogen-bond acceptors (Lipinski definition) is 6. The molecule has 5 nitrogen and oxygen atoms in total. The smallest absolute Gasteiger partial charge is 0.258 e. The van der Waals surface area contributed by atoms with Crippen molar-refractivity contribution in [3.8, 4) is 23.0 Å². The van der Waals surface area contributed by atoms with Crippen LogP contribution in [0.2, 0.25) is 0 Å². The van der Waals surface area contributed by atoms with E-state index in [1.54, 1.807) is 30.5 Å². The second-order valence-corrected chi connectivity index (χ2v) is 3.83. The highest BCUT2D eigenvalue weighted by molar-refractivity contribution is 7.78. The van der Waals surface area contributed by atoms with Gasteiger partial charge in [-0.05, 0) is 48.6 Å². The van der Waals surface area contributed by atoms with Gasteiger partial charge >= 0.3 is 0 Å². The summed E-state index contributed by atoms with van der Waals surface area (Å²) >= 11 is 4.54. The second kappa shape index (κ2) is 4.97. The molecule has 6 heteroatoms. The average Bonchev–Trinajstić information content (AvgIpc) is 3.11. The van der Waals surface area contributed by atoms with Gasteiger partial charge in [0.1, 0.15) is 0 Å². The van der Waals surface area contributed by atoms with Crippen molar-refractivity contribution in [1.29, 1.82) is 0 Å². The number of aromatic nitrogens is 2. The Hall–Kier alpha value is -2.56. The number of aliphatic imine (C=N–C) groups is 1. The third kappa shape index (κ3) is 2.35. The molecule has 0 aliphatic carbocycles. The Labute approximate surface area is 113 Å². The molecule has 3 aromatic rings. The SMILES string of the molecule is S=C=Nc1ccc(-c2nc(-c3ccco3)no2)cc1. The monoisotopic (exact) mass is 269 g/mol. The van der Waals surface area contributed by atoms with Gasteiger partial charge in [0, 0.05) is 5.56 Å². The van der Waals surface area contributed by atoms with Gasteiger partial charge in [-0.1, -0.05) is 5.16 Å². The average molecular weight is 269 g/mol. The summed E-state index contributed by atoms with van der Waals surface area (Å²) in [7, 11) is 0. The molecule has 3 rings (SSSR count). The molecule has 2 heterocycles. The van der Waals surface area contributed by atoms with Crippen LogP contribution in [0.3, 0.4) is 0 Å². The number of isothiocyanates is 1. The van der Waals surface area contributed by atoms with Crippen molar-refractivity contribution < 1.29 is 8.94 Å². The Morgan fingerprint density at radius 2 is 2.00 bits per heavy atom. The number of rotatable bonds is 3. The molecule has 0 saturated heterocycles. The number of furan rings is 1. The van der Waals surface area contributed by atoms with Crippen LogP contribution < -0.4 is 0 Å². The zero-order valence-electron chi connectivity index (χ0n) is 9.61. The summed E-state index contributed by atoms with van der Waals surface area (Å²) in [4.78, 5) is 8.13. The fourth-order valence-corrected chi connectivity index (χ4v) is 1.68. The molecule has 2 aromatic heterocycles. The van der Waals surface area contributed by atoms with Crippen LogP contribution in [0.15, 0.2) is 56.6 Å². The molecule has 0 N–H and O–H groups in total. The van der Waals surface area contributed by atoms with E-state index in [0.717, 1.165) is 11.3 Å². The van der Waals surface area contributed by atoms with Crippen LogP contribution in [0.5, 0.6) is 0 Å². The van der Waals surface area contributed by atoms with Gasteiger partial charge in [0.2, 0.25) is 5.82 Å². The molecule has 19 heavy (non-hydrogen) atoms. The summed E-state index contributed by atoms with van der Waals surface area (Å²) in [6.45, 7) is 0. The zero-order chi connectivity index (χ0) is 13.1.